The van der Waals surface area contributed by atoms with Crippen molar-refractivity contribution in [2.75, 3.05) is 24.7 Å². The van der Waals surface area contributed by atoms with E-state index in [1.54, 1.807) is 6.92 Å². The van der Waals surface area contributed by atoms with Crippen LogP contribution in [0.3, 0.4) is 0 Å². The number of hydrazine groups is 1. The fourth-order valence-corrected chi connectivity index (χ4v) is 6.20. The lowest BCUT2D eigenvalue weighted by Gasteiger charge is -2.30. The van der Waals surface area contributed by atoms with Gasteiger partial charge < -0.3 is 10.1 Å². The van der Waals surface area contributed by atoms with Crippen LogP contribution >= 0.6 is 0 Å². The molecule has 2 aromatic rings. The number of amides is 2. The summed E-state index contributed by atoms with van der Waals surface area (Å²) in [6, 6.07) is 8.02. The summed E-state index contributed by atoms with van der Waals surface area (Å²) in [5.41, 5.74) is 7.95. The van der Waals surface area contributed by atoms with Gasteiger partial charge in [-0.2, -0.15) is 0 Å². The summed E-state index contributed by atoms with van der Waals surface area (Å²) in [7, 11) is -7.62. The zero-order valence-corrected chi connectivity index (χ0v) is 25.4. The van der Waals surface area contributed by atoms with Crippen molar-refractivity contribution in [1.82, 2.24) is 10.7 Å². The zero-order valence-electron chi connectivity index (χ0n) is 23.8. The first-order valence-electron chi connectivity index (χ1n) is 12.5. The lowest BCUT2D eigenvalue weighted by Crippen LogP contribution is -2.41. The molecule has 9 nitrogen and oxygen atoms in total. The van der Waals surface area contributed by atoms with E-state index in [0.29, 0.717) is 11.3 Å². The average Bonchev–Trinajstić information content (AvgIpc) is 2.81. The summed E-state index contributed by atoms with van der Waals surface area (Å²) < 4.78 is 54.5. The molecule has 0 aliphatic carbocycles. The molecule has 2 aromatic carbocycles. The Hall–Kier alpha value is -2.79. The van der Waals surface area contributed by atoms with Crippen molar-refractivity contribution >= 4 is 31.4 Å². The third kappa shape index (κ3) is 7.63. The van der Waals surface area contributed by atoms with Crippen molar-refractivity contribution in [3.8, 4) is 5.75 Å². The van der Waals surface area contributed by atoms with Gasteiger partial charge in [-0.3, -0.25) is 10.9 Å². The first-order valence-corrected chi connectivity index (χ1v) is 16.2. The summed E-state index contributed by atoms with van der Waals surface area (Å²) in [5.74, 6) is 0.686. The Balaban J connectivity index is 2.15. The number of rotatable bonds is 11. The van der Waals surface area contributed by atoms with Gasteiger partial charge in [-0.05, 0) is 59.9 Å². The molecule has 3 N–H and O–H groups in total. The molecule has 0 saturated heterocycles. The highest BCUT2D eigenvalue weighted by Crippen LogP contribution is 2.38. The Morgan fingerprint density at radius 1 is 0.868 bits per heavy atom. The SMILES string of the molecule is CCC(C)(C)c1ccc(OCNC(=O)NNc2cc(S(C)(=O)=O)c(S(C)(=O)=O)cc2C)c(C(C)(C)CC)c1. The zero-order chi connectivity index (χ0) is 29.1. The van der Waals surface area contributed by atoms with Crippen LogP contribution in [-0.4, -0.2) is 42.1 Å². The monoisotopic (exact) mass is 567 g/mol. The molecule has 0 bridgehead atoms. The second kappa shape index (κ2) is 11.5. The van der Waals surface area contributed by atoms with Crippen LogP contribution in [0, 0.1) is 6.92 Å². The number of aryl methyl sites for hydroxylation is 1. The molecule has 0 aromatic heterocycles. The van der Waals surface area contributed by atoms with Crippen molar-refractivity contribution in [3.63, 3.8) is 0 Å². The maximum absolute atomic E-state index is 12.4. The van der Waals surface area contributed by atoms with Crippen LogP contribution in [0.25, 0.3) is 0 Å². The van der Waals surface area contributed by atoms with Crippen LogP contribution in [0.4, 0.5) is 10.5 Å². The Bertz CT molecular complexity index is 1400. The molecule has 11 heteroatoms. The second-order valence-corrected chi connectivity index (χ2v) is 14.9. The van der Waals surface area contributed by atoms with Crippen LogP contribution in [0.15, 0.2) is 40.1 Å². The first kappa shape index (κ1) is 31.4. The molecule has 0 radical (unpaired) electrons. The minimum Gasteiger partial charge on any atom is -0.473 e. The number of hydrogen-bond donors (Lipinski definition) is 3. The molecule has 0 unspecified atom stereocenters. The van der Waals surface area contributed by atoms with E-state index in [4.69, 9.17) is 4.74 Å². The molecule has 212 valence electrons. The lowest BCUT2D eigenvalue weighted by atomic mass is 9.76. The Morgan fingerprint density at radius 2 is 1.42 bits per heavy atom. The summed E-state index contributed by atoms with van der Waals surface area (Å²) in [6.07, 6.45) is 3.78. The molecule has 0 atom stereocenters. The Labute approximate surface area is 227 Å². The number of benzene rings is 2. The third-order valence-electron chi connectivity index (χ3n) is 7.12. The quantitative estimate of drug-likeness (QED) is 0.262. The van der Waals surface area contributed by atoms with E-state index in [1.165, 1.54) is 17.7 Å². The lowest BCUT2D eigenvalue weighted by molar-refractivity contribution is 0.224. The van der Waals surface area contributed by atoms with E-state index < -0.39 is 25.7 Å². The minimum absolute atomic E-state index is 0.0233. The number of ether oxygens (including phenoxy) is 1. The van der Waals surface area contributed by atoms with Crippen molar-refractivity contribution < 1.29 is 26.4 Å². The van der Waals surface area contributed by atoms with Crippen molar-refractivity contribution in [2.24, 2.45) is 0 Å². The second-order valence-electron chi connectivity index (χ2n) is 10.9. The number of sulfone groups is 2. The van der Waals surface area contributed by atoms with Gasteiger partial charge in [0.15, 0.2) is 26.4 Å². The highest BCUT2D eigenvalue weighted by Gasteiger charge is 2.27. The maximum atomic E-state index is 12.4. The molecule has 2 amide bonds. The van der Waals surface area contributed by atoms with E-state index in [0.717, 1.165) is 30.9 Å². The maximum Gasteiger partial charge on any atom is 0.336 e. The van der Waals surface area contributed by atoms with Gasteiger partial charge in [0, 0.05) is 18.1 Å². The minimum atomic E-state index is -3.84. The van der Waals surface area contributed by atoms with E-state index in [9.17, 15) is 21.6 Å². The van der Waals surface area contributed by atoms with Gasteiger partial charge in [-0.25, -0.2) is 21.6 Å². The number of nitrogens with one attached hydrogen (secondary N) is 3. The molecule has 0 fully saturated rings. The van der Waals surface area contributed by atoms with Crippen LogP contribution in [0.5, 0.6) is 5.75 Å². The largest absolute Gasteiger partial charge is 0.473 e. The summed E-state index contributed by atoms with van der Waals surface area (Å²) >= 11 is 0. The molecule has 38 heavy (non-hydrogen) atoms. The Morgan fingerprint density at radius 3 is 1.95 bits per heavy atom. The van der Waals surface area contributed by atoms with Gasteiger partial charge in [-0.1, -0.05) is 53.7 Å². The van der Waals surface area contributed by atoms with Gasteiger partial charge in [-0.15, -0.1) is 0 Å². The van der Waals surface area contributed by atoms with E-state index >= 15 is 0 Å². The number of carbonyl (C=O) groups is 1. The number of anilines is 1. The molecular formula is C27H41N3O6S2. The third-order valence-corrected chi connectivity index (χ3v) is 9.52. The molecule has 0 saturated carbocycles. The van der Waals surface area contributed by atoms with Gasteiger partial charge in [0.1, 0.15) is 5.75 Å². The average molecular weight is 568 g/mol. The van der Waals surface area contributed by atoms with E-state index in [-0.39, 0.29) is 33.0 Å². The molecule has 0 spiro atoms. The number of urea groups is 1. The smallest absolute Gasteiger partial charge is 0.336 e. The van der Waals surface area contributed by atoms with Gasteiger partial charge >= 0.3 is 6.03 Å². The van der Waals surface area contributed by atoms with Crippen molar-refractivity contribution in [2.45, 2.75) is 81.9 Å². The molecule has 2 rings (SSSR count). The predicted octanol–water partition coefficient (Wildman–Crippen LogP) is 4.84. The first-order chi connectivity index (χ1) is 17.3. The molecule has 0 heterocycles. The van der Waals surface area contributed by atoms with Crippen molar-refractivity contribution in [3.05, 3.63) is 47.0 Å². The standard InChI is InChI=1S/C27H41N3O6S2/c1-10-26(4,5)19-12-13-22(20(15-19)27(6,7)11-2)36-17-28-25(31)30-29-21-16-24(38(9,34)35)23(14-18(21)3)37(8,32)33/h12-16,29H,10-11,17H2,1-9H3,(H2,28,30,31). The normalized spacial score (nSPS) is 12.7. The van der Waals surface area contributed by atoms with Crippen LogP contribution < -0.4 is 20.9 Å². The highest BCUT2D eigenvalue weighted by molar-refractivity contribution is 7.93. The summed E-state index contributed by atoms with van der Waals surface area (Å²) in [6.45, 7) is 14.5. The summed E-state index contributed by atoms with van der Waals surface area (Å²) in [4.78, 5) is 11.8. The van der Waals surface area contributed by atoms with E-state index in [1.807, 2.05) is 6.07 Å². The number of hydrogen-bond acceptors (Lipinski definition) is 7. The highest BCUT2D eigenvalue weighted by atomic mass is 32.2. The van der Waals surface area contributed by atoms with Gasteiger partial charge in [0.2, 0.25) is 0 Å². The molecule has 0 aliphatic heterocycles. The van der Waals surface area contributed by atoms with Crippen molar-refractivity contribution in [1.29, 1.82) is 0 Å². The van der Waals surface area contributed by atoms with Crippen LogP contribution in [-0.2, 0) is 30.5 Å². The molecular weight excluding hydrogens is 526 g/mol. The topological polar surface area (TPSA) is 131 Å². The van der Waals surface area contributed by atoms with Crippen LogP contribution in [0.2, 0.25) is 0 Å². The number of carbonyl (C=O) groups excluding carboxylic acids is 1. The fraction of sp³-hybridized carbons (Fsp3) is 0.519. The summed E-state index contributed by atoms with van der Waals surface area (Å²) in [5, 5.41) is 2.61. The fourth-order valence-electron chi connectivity index (χ4n) is 3.72. The van der Waals surface area contributed by atoms with E-state index in [2.05, 4.69) is 69.8 Å². The van der Waals surface area contributed by atoms with Gasteiger partial charge in [0.05, 0.1) is 15.5 Å². The predicted molar refractivity (Wildman–Crippen MR) is 151 cm³/mol. The van der Waals surface area contributed by atoms with Crippen LogP contribution in [0.1, 0.15) is 71.1 Å². The van der Waals surface area contributed by atoms with Gasteiger partial charge in [0.25, 0.3) is 0 Å². The Kier molecular flexibility index (Phi) is 9.53. The molecule has 0 aliphatic rings.